The first-order valence-electron chi connectivity index (χ1n) is 12.1. The highest BCUT2D eigenvalue weighted by molar-refractivity contribution is 7.15. The van der Waals surface area contributed by atoms with Gasteiger partial charge in [0.2, 0.25) is 5.91 Å². The van der Waals surface area contributed by atoms with Crippen LogP contribution in [0.2, 0.25) is 0 Å². The predicted octanol–water partition coefficient (Wildman–Crippen LogP) is 5.80. The van der Waals surface area contributed by atoms with Crippen LogP contribution in [0, 0.1) is 35.9 Å². The fourth-order valence-electron chi connectivity index (χ4n) is 7.09. The average Bonchev–Trinajstić information content (AvgIpc) is 3.33. The van der Waals surface area contributed by atoms with Crippen LogP contribution in [0.3, 0.4) is 0 Å². The van der Waals surface area contributed by atoms with Crippen molar-refractivity contribution in [2.75, 3.05) is 12.4 Å². The van der Waals surface area contributed by atoms with E-state index in [1.807, 2.05) is 6.92 Å². The number of fused-ring (bicyclic) bond motifs is 5. The largest absolute Gasteiger partial charge is 0.505 e. The Balaban J connectivity index is 1.39. The molecule has 0 spiro atoms. The quantitative estimate of drug-likeness (QED) is 0.524. The van der Waals surface area contributed by atoms with Crippen molar-refractivity contribution in [3.05, 3.63) is 40.2 Å². The van der Waals surface area contributed by atoms with Gasteiger partial charge < -0.3 is 15.3 Å². The molecule has 3 aliphatic rings. The molecule has 3 aliphatic carbocycles. The summed E-state index contributed by atoms with van der Waals surface area (Å²) >= 11 is 1.48. The molecule has 5 rings (SSSR count). The van der Waals surface area contributed by atoms with Crippen molar-refractivity contribution in [3.63, 3.8) is 0 Å². The number of aromatic nitrogens is 1. The number of phenolic OH excluding ortho intramolecular Hbond substituents is 1. The Bertz CT molecular complexity index is 1130. The van der Waals surface area contributed by atoms with E-state index >= 15 is 0 Å². The zero-order chi connectivity index (χ0) is 24.0. The van der Waals surface area contributed by atoms with Gasteiger partial charge in [-0.1, -0.05) is 12.1 Å². The smallest absolute Gasteiger partial charge is 0.226 e. The van der Waals surface area contributed by atoms with Crippen molar-refractivity contribution in [3.8, 4) is 5.75 Å². The molecule has 6 nitrogen and oxygen atoms in total. The Morgan fingerprint density at radius 3 is 2.97 bits per heavy atom. The highest BCUT2D eigenvalue weighted by Crippen LogP contribution is 2.62. The SMILES string of the molecule is CO/N=C1\CC(CCC(=O)Nc2ncc(C)s2)C2C3CCc4cc(O)c(F)cc4C3CCC12C. The molecule has 5 atom stereocenters. The maximum Gasteiger partial charge on any atom is 0.226 e. The molecule has 8 heteroatoms. The summed E-state index contributed by atoms with van der Waals surface area (Å²) < 4.78 is 14.3. The topological polar surface area (TPSA) is 83.8 Å². The highest BCUT2D eigenvalue weighted by Gasteiger charge is 2.57. The lowest BCUT2D eigenvalue weighted by molar-refractivity contribution is -0.116. The number of carbonyl (C=O) groups is 1. The number of benzene rings is 1. The van der Waals surface area contributed by atoms with Gasteiger partial charge in [0.05, 0.1) is 5.71 Å². The van der Waals surface area contributed by atoms with E-state index in [2.05, 4.69) is 22.4 Å². The van der Waals surface area contributed by atoms with E-state index in [1.165, 1.54) is 11.3 Å². The van der Waals surface area contributed by atoms with Crippen LogP contribution in [0.25, 0.3) is 0 Å². The normalized spacial score (nSPS) is 31.0. The van der Waals surface area contributed by atoms with Crippen LogP contribution < -0.4 is 5.32 Å². The van der Waals surface area contributed by atoms with Gasteiger partial charge in [0.1, 0.15) is 7.11 Å². The number of aryl methyl sites for hydroxylation is 2. The lowest BCUT2D eigenvalue weighted by Crippen LogP contribution is -2.44. The van der Waals surface area contributed by atoms with Gasteiger partial charge in [0.15, 0.2) is 16.7 Å². The Morgan fingerprint density at radius 1 is 1.41 bits per heavy atom. The first-order chi connectivity index (χ1) is 16.3. The van der Waals surface area contributed by atoms with Gasteiger partial charge in [-0.05, 0) is 92.4 Å². The van der Waals surface area contributed by atoms with Crippen LogP contribution in [0.15, 0.2) is 23.5 Å². The van der Waals surface area contributed by atoms with Crippen LogP contribution >= 0.6 is 11.3 Å². The minimum atomic E-state index is -0.536. The number of hydrogen-bond donors (Lipinski definition) is 2. The number of rotatable bonds is 5. The van der Waals surface area contributed by atoms with Crippen molar-refractivity contribution < 1.29 is 19.1 Å². The fraction of sp³-hybridized carbons (Fsp3) is 0.577. The number of carbonyl (C=O) groups excluding carboxylic acids is 1. The molecule has 1 aromatic carbocycles. The van der Waals surface area contributed by atoms with E-state index < -0.39 is 5.82 Å². The summed E-state index contributed by atoms with van der Waals surface area (Å²) in [4.78, 5) is 23.2. The molecule has 2 saturated carbocycles. The molecule has 0 aliphatic heterocycles. The summed E-state index contributed by atoms with van der Waals surface area (Å²) in [5.74, 6) is 0.549. The van der Waals surface area contributed by atoms with Crippen molar-refractivity contribution in [1.82, 2.24) is 4.98 Å². The number of hydrogen-bond acceptors (Lipinski definition) is 6. The monoisotopic (exact) mass is 485 g/mol. The number of anilines is 1. The zero-order valence-electron chi connectivity index (χ0n) is 19.9. The molecule has 0 bridgehead atoms. The third kappa shape index (κ3) is 4.00. The minimum Gasteiger partial charge on any atom is -0.505 e. The number of aromatic hydroxyl groups is 1. The minimum absolute atomic E-state index is 0.00733. The lowest BCUT2D eigenvalue weighted by atomic mass is 9.54. The molecule has 1 aromatic heterocycles. The molecule has 1 heterocycles. The van der Waals surface area contributed by atoms with Crippen molar-refractivity contribution in [1.29, 1.82) is 0 Å². The van der Waals surface area contributed by atoms with E-state index in [4.69, 9.17) is 4.84 Å². The molecule has 182 valence electrons. The standard InChI is InChI=1S/C26H32FN3O3S/c1-14-13-28-25(34-14)29-23(32)7-5-16-11-22(30-33-3)26(2)9-8-17-18(24(16)26)6-4-15-10-21(31)20(27)12-19(15)17/h10,12-13,16-18,24,31H,4-9,11H2,1-3H3,(H,28,29,32)/b30-22+. The summed E-state index contributed by atoms with van der Waals surface area (Å²) in [5, 5.41) is 17.9. The molecular formula is C26H32FN3O3S. The summed E-state index contributed by atoms with van der Waals surface area (Å²) in [6, 6.07) is 3.17. The van der Waals surface area contributed by atoms with Gasteiger partial charge >= 0.3 is 0 Å². The first-order valence-corrected chi connectivity index (χ1v) is 13.0. The Morgan fingerprint density at radius 2 is 2.24 bits per heavy atom. The third-order valence-corrected chi connectivity index (χ3v) is 9.31. The van der Waals surface area contributed by atoms with Crippen LogP contribution in [0.4, 0.5) is 9.52 Å². The zero-order valence-corrected chi connectivity index (χ0v) is 20.8. The number of nitrogens with one attached hydrogen (secondary N) is 1. The summed E-state index contributed by atoms with van der Waals surface area (Å²) in [7, 11) is 1.60. The van der Waals surface area contributed by atoms with E-state index in [-0.39, 0.29) is 23.0 Å². The van der Waals surface area contributed by atoms with E-state index in [1.54, 1.807) is 25.4 Å². The van der Waals surface area contributed by atoms with Crippen LogP contribution in [-0.2, 0) is 16.1 Å². The first kappa shape index (κ1) is 23.3. The van der Waals surface area contributed by atoms with Crippen LogP contribution in [0.1, 0.15) is 67.4 Å². The van der Waals surface area contributed by atoms with E-state index in [0.29, 0.717) is 29.3 Å². The number of thiazole rings is 1. The van der Waals surface area contributed by atoms with E-state index in [9.17, 15) is 14.3 Å². The molecule has 1 amide bonds. The van der Waals surface area contributed by atoms with Gasteiger partial charge in [-0.15, -0.1) is 11.3 Å². The van der Waals surface area contributed by atoms with Crippen molar-refractivity contribution >= 4 is 28.1 Å². The molecule has 0 radical (unpaired) electrons. The summed E-state index contributed by atoms with van der Waals surface area (Å²) in [6.45, 7) is 4.27. The second-order valence-electron chi connectivity index (χ2n) is 10.3. The Labute approximate surface area is 203 Å². The molecule has 5 unspecified atom stereocenters. The Kier molecular flexibility index (Phi) is 6.12. The number of halogens is 1. The number of amides is 1. The van der Waals surface area contributed by atoms with Gasteiger partial charge in [0, 0.05) is 22.9 Å². The summed E-state index contributed by atoms with van der Waals surface area (Å²) in [5.41, 5.74) is 3.16. The second kappa shape index (κ2) is 8.95. The molecule has 0 saturated heterocycles. The maximum absolute atomic E-state index is 14.3. The van der Waals surface area contributed by atoms with E-state index in [0.717, 1.165) is 60.2 Å². The van der Waals surface area contributed by atoms with Crippen LogP contribution in [-0.4, -0.2) is 28.8 Å². The molecule has 2 fully saturated rings. The molecule has 34 heavy (non-hydrogen) atoms. The fourth-order valence-corrected chi connectivity index (χ4v) is 7.77. The number of nitrogens with zero attached hydrogens (tertiary/aromatic N) is 2. The van der Waals surface area contributed by atoms with Gasteiger partial charge in [-0.3, -0.25) is 4.79 Å². The molecule has 2 N–H and O–H groups in total. The van der Waals surface area contributed by atoms with Gasteiger partial charge in [0.25, 0.3) is 0 Å². The van der Waals surface area contributed by atoms with Gasteiger partial charge in [-0.2, -0.15) is 0 Å². The predicted molar refractivity (Wildman–Crippen MR) is 131 cm³/mol. The van der Waals surface area contributed by atoms with Crippen LogP contribution in [0.5, 0.6) is 5.75 Å². The van der Waals surface area contributed by atoms with Crippen molar-refractivity contribution in [2.45, 2.75) is 64.7 Å². The second-order valence-corrected chi connectivity index (χ2v) is 11.6. The number of phenols is 1. The Hall–Kier alpha value is -2.48. The lowest BCUT2D eigenvalue weighted by Gasteiger charge is -2.50. The average molecular weight is 486 g/mol. The maximum atomic E-state index is 14.3. The third-order valence-electron chi connectivity index (χ3n) is 8.48. The van der Waals surface area contributed by atoms with Gasteiger partial charge in [-0.25, -0.2) is 9.37 Å². The van der Waals surface area contributed by atoms with Crippen molar-refractivity contribution in [2.24, 2.45) is 28.3 Å². The summed E-state index contributed by atoms with van der Waals surface area (Å²) in [6.07, 6.45) is 7.58. The molecule has 2 aromatic rings. The molecular weight excluding hydrogens is 453 g/mol. The number of oxime groups is 1. The highest BCUT2D eigenvalue weighted by atomic mass is 32.1.